The van der Waals surface area contributed by atoms with Gasteiger partial charge in [0.2, 0.25) is 0 Å². The maximum Gasteiger partial charge on any atom is 0.276 e. The van der Waals surface area contributed by atoms with E-state index in [0.29, 0.717) is 0 Å². The summed E-state index contributed by atoms with van der Waals surface area (Å²) in [6, 6.07) is 49.7. The second kappa shape index (κ2) is 11.1. The molecule has 218 valence electrons. The molecule has 1 saturated carbocycles. The van der Waals surface area contributed by atoms with E-state index in [-0.39, 0.29) is 16.2 Å². The summed E-state index contributed by atoms with van der Waals surface area (Å²) >= 11 is 0. The molecule has 2 aliphatic rings. The molecule has 0 aliphatic heterocycles. The van der Waals surface area contributed by atoms with E-state index in [2.05, 4.69) is 131 Å². The standard InChI is InChI=1S/C39H34N2O2S/c1-29-22-24-35(25-23-29)44(42,43)41-40-27-34-26-38(32-18-10-4-11-19-32)28-39(34,33-20-12-5-13-21-33)37(31-16-8-3-9-17-31)36(38)30-14-6-2-7-15-30/h2-25,27,34,41H,26,28H2,1H3. The van der Waals surface area contributed by atoms with Crippen molar-refractivity contribution in [2.75, 3.05) is 0 Å². The van der Waals surface area contributed by atoms with E-state index >= 15 is 0 Å². The fourth-order valence-corrected chi connectivity index (χ4v) is 8.44. The zero-order valence-electron chi connectivity index (χ0n) is 24.6. The van der Waals surface area contributed by atoms with Crippen molar-refractivity contribution in [2.45, 2.75) is 35.5 Å². The van der Waals surface area contributed by atoms with Gasteiger partial charge in [-0.3, -0.25) is 0 Å². The lowest BCUT2D eigenvalue weighted by Crippen LogP contribution is -2.34. The number of sulfonamides is 1. The summed E-state index contributed by atoms with van der Waals surface area (Å²) in [5.74, 6) is -0.0755. The lowest BCUT2D eigenvalue weighted by Gasteiger charge is -2.39. The molecule has 0 spiro atoms. The Balaban J connectivity index is 1.45. The van der Waals surface area contributed by atoms with Crippen molar-refractivity contribution in [2.24, 2.45) is 11.0 Å². The molecule has 5 heteroatoms. The molecule has 3 unspecified atom stereocenters. The summed E-state index contributed by atoms with van der Waals surface area (Å²) in [6.45, 7) is 1.93. The summed E-state index contributed by atoms with van der Waals surface area (Å²) in [7, 11) is -3.81. The molecule has 1 N–H and O–H groups in total. The molecule has 0 radical (unpaired) electrons. The number of nitrogens with zero attached hydrogens (tertiary/aromatic N) is 1. The molecule has 0 saturated heterocycles. The minimum absolute atomic E-state index is 0.0755. The molecule has 0 amide bonds. The Hall–Kier alpha value is -4.74. The van der Waals surface area contributed by atoms with Crippen LogP contribution >= 0.6 is 0 Å². The third-order valence-corrected chi connectivity index (χ3v) is 10.7. The number of aryl methyl sites for hydroxylation is 1. The first-order valence-electron chi connectivity index (χ1n) is 15.0. The van der Waals surface area contributed by atoms with Gasteiger partial charge in [-0.25, -0.2) is 4.83 Å². The van der Waals surface area contributed by atoms with Gasteiger partial charge in [-0.15, -0.1) is 0 Å². The van der Waals surface area contributed by atoms with Crippen LogP contribution in [0.5, 0.6) is 0 Å². The summed E-state index contributed by atoms with van der Waals surface area (Å²) < 4.78 is 26.4. The zero-order valence-corrected chi connectivity index (χ0v) is 25.4. The van der Waals surface area contributed by atoms with E-state index in [4.69, 9.17) is 0 Å². The highest BCUT2D eigenvalue weighted by Gasteiger charge is 2.65. The zero-order chi connectivity index (χ0) is 30.2. The summed E-state index contributed by atoms with van der Waals surface area (Å²) in [4.78, 5) is 2.72. The van der Waals surface area contributed by atoms with E-state index in [1.165, 1.54) is 33.4 Å². The van der Waals surface area contributed by atoms with Crippen molar-refractivity contribution in [3.63, 3.8) is 0 Å². The van der Waals surface area contributed by atoms with Crippen LogP contribution in [-0.4, -0.2) is 14.6 Å². The van der Waals surface area contributed by atoms with Crippen LogP contribution < -0.4 is 4.83 Å². The van der Waals surface area contributed by atoms with Gasteiger partial charge in [-0.2, -0.15) is 13.5 Å². The molecule has 2 aliphatic carbocycles. The van der Waals surface area contributed by atoms with Crippen LogP contribution in [0.4, 0.5) is 0 Å². The van der Waals surface area contributed by atoms with Crippen molar-refractivity contribution in [3.8, 4) is 0 Å². The highest BCUT2D eigenvalue weighted by molar-refractivity contribution is 7.89. The van der Waals surface area contributed by atoms with Crippen molar-refractivity contribution < 1.29 is 8.42 Å². The van der Waals surface area contributed by atoms with Crippen LogP contribution in [0.3, 0.4) is 0 Å². The highest BCUT2D eigenvalue weighted by Crippen LogP contribution is 2.72. The van der Waals surface area contributed by atoms with Crippen LogP contribution in [0, 0.1) is 12.8 Å². The molecule has 0 heterocycles. The normalized spacial score (nSPS) is 22.9. The summed E-state index contributed by atoms with van der Waals surface area (Å²) in [5.41, 5.74) is 7.72. The molecule has 44 heavy (non-hydrogen) atoms. The third kappa shape index (κ3) is 4.59. The van der Waals surface area contributed by atoms with E-state index in [1.54, 1.807) is 24.3 Å². The number of rotatable bonds is 8. The predicted octanol–water partition coefficient (Wildman–Crippen LogP) is 8.17. The first kappa shape index (κ1) is 28.1. The quantitative estimate of drug-likeness (QED) is 0.146. The number of benzene rings is 5. The average Bonchev–Trinajstić information content (AvgIpc) is 3.58. The van der Waals surface area contributed by atoms with Gasteiger partial charge in [0.25, 0.3) is 10.0 Å². The lowest BCUT2D eigenvalue weighted by atomic mass is 9.63. The molecule has 0 aromatic heterocycles. The van der Waals surface area contributed by atoms with Gasteiger partial charge in [-0.05, 0) is 65.3 Å². The topological polar surface area (TPSA) is 58.5 Å². The SMILES string of the molecule is Cc1ccc(S(=O)(=O)NN=CC2CC3(c4ccccc4)CC2(c2ccccc2)C(c2ccccc2)=C3c2ccccc2)cc1. The lowest BCUT2D eigenvalue weighted by molar-refractivity contribution is 0.511. The Morgan fingerprint density at radius 3 is 1.73 bits per heavy atom. The number of hydrazone groups is 1. The molecular formula is C39H34N2O2S. The molecule has 3 atom stereocenters. The Labute approximate surface area is 259 Å². The highest BCUT2D eigenvalue weighted by atomic mass is 32.2. The van der Waals surface area contributed by atoms with Gasteiger partial charge in [-0.1, -0.05) is 139 Å². The van der Waals surface area contributed by atoms with E-state index < -0.39 is 15.4 Å². The second-order valence-electron chi connectivity index (χ2n) is 11.9. The molecular weight excluding hydrogens is 561 g/mol. The number of nitrogens with one attached hydrogen (secondary N) is 1. The van der Waals surface area contributed by atoms with E-state index in [0.717, 1.165) is 18.4 Å². The summed E-state index contributed by atoms with van der Waals surface area (Å²) in [6.07, 6.45) is 3.50. The van der Waals surface area contributed by atoms with Gasteiger partial charge >= 0.3 is 0 Å². The van der Waals surface area contributed by atoms with E-state index in [1.807, 2.05) is 13.1 Å². The number of hydrogen-bond donors (Lipinski definition) is 1. The number of hydrogen-bond acceptors (Lipinski definition) is 3. The molecule has 7 rings (SSSR count). The molecule has 1 fully saturated rings. The second-order valence-corrected chi connectivity index (χ2v) is 13.6. The minimum atomic E-state index is -3.81. The van der Waals surface area contributed by atoms with Crippen LogP contribution in [0.2, 0.25) is 0 Å². The first-order chi connectivity index (χ1) is 21.4. The third-order valence-electron chi connectivity index (χ3n) is 9.46. The van der Waals surface area contributed by atoms with Gasteiger partial charge in [0.05, 0.1) is 4.90 Å². The maximum absolute atomic E-state index is 13.2. The van der Waals surface area contributed by atoms with Crippen LogP contribution in [0.15, 0.2) is 156 Å². The molecule has 5 aromatic rings. The van der Waals surface area contributed by atoms with E-state index in [9.17, 15) is 8.42 Å². The average molecular weight is 595 g/mol. The smallest absolute Gasteiger partial charge is 0.200 e. The fourth-order valence-electron chi connectivity index (χ4n) is 7.64. The number of allylic oxidation sites excluding steroid dienone is 2. The Bertz CT molecular complexity index is 1940. The van der Waals surface area contributed by atoms with Gasteiger partial charge in [0.1, 0.15) is 0 Å². The van der Waals surface area contributed by atoms with Gasteiger partial charge < -0.3 is 0 Å². The Morgan fingerprint density at radius 1 is 0.659 bits per heavy atom. The van der Waals surface area contributed by atoms with Crippen LogP contribution in [0.25, 0.3) is 11.1 Å². The Morgan fingerprint density at radius 2 is 1.16 bits per heavy atom. The largest absolute Gasteiger partial charge is 0.276 e. The van der Waals surface area contributed by atoms with Crippen LogP contribution in [-0.2, 0) is 20.9 Å². The molecule has 2 bridgehead atoms. The van der Waals surface area contributed by atoms with Gasteiger partial charge in [0, 0.05) is 23.0 Å². The predicted molar refractivity (Wildman–Crippen MR) is 179 cm³/mol. The molecule has 4 nitrogen and oxygen atoms in total. The monoisotopic (exact) mass is 594 g/mol. The molecule has 5 aromatic carbocycles. The number of fused-ring (bicyclic) bond motifs is 2. The summed E-state index contributed by atoms with van der Waals surface area (Å²) in [5, 5.41) is 4.48. The fraction of sp³-hybridized carbons (Fsp3) is 0.154. The first-order valence-corrected chi connectivity index (χ1v) is 16.5. The van der Waals surface area contributed by atoms with Crippen LogP contribution in [0.1, 0.15) is 40.7 Å². The maximum atomic E-state index is 13.2. The van der Waals surface area contributed by atoms with Gasteiger partial charge in [0.15, 0.2) is 0 Å². The van der Waals surface area contributed by atoms with Crippen molar-refractivity contribution in [3.05, 3.63) is 173 Å². The van der Waals surface area contributed by atoms with Crippen molar-refractivity contribution in [1.82, 2.24) is 4.83 Å². The minimum Gasteiger partial charge on any atom is -0.200 e. The van der Waals surface area contributed by atoms with Crippen molar-refractivity contribution >= 4 is 27.4 Å². The Kier molecular flexibility index (Phi) is 7.06. The van der Waals surface area contributed by atoms with Crippen molar-refractivity contribution in [1.29, 1.82) is 0 Å².